The van der Waals surface area contributed by atoms with Crippen LogP contribution in [0, 0.1) is 24.0 Å². The molecule has 1 aromatic heterocycles. The summed E-state index contributed by atoms with van der Waals surface area (Å²) < 4.78 is 5.10. The highest BCUT2D eigenvalue weighted by Crippen LogP contribution is 2.20. The van der Waals surface area contributed by atoms with Gasteiger partial charge in [0.15, 0.2) is 6.26 Å². The minimum absolute atomic E-state index is 0.278. The maximum atomic E-state index is 11.8. The van der Waals surface area contributed by atoms with Crippen LogP contribution in [0.3, 0.4) is 0 Å². The second-order valence-electron chi connectivity index (χ2n) is 3.66. The van der Waals surface area contributed by atoms with Crippen molar-refractivity contribution in [2.45, 2.75) is 13.8 Å². The molecule has 0 radical (unpaired) electrons. The first-order chi connectivity index (χ1) is 7.50. The third-order valence-corrected chi connectivity index (χ3v) is 2.40. The van der Waals surface area contributed by atoms with Gasteiger partial charge >= 0.3 is 5.69 Å². The molecule has 5 nitrogen and oxygen atoms in total. The summed E-state index contributed by atoms with van der Waals surface area (Å²) in [5, 5.41) is 10.9. The molecular formula is C11H9NO4. The van der Waals surface area contributed by atoms with E-state index in [0.717, 1.165) is 11.8 Å². The molecule has 0 saturated carbocycles. The van der Waals surface area contributed by atoms with Crippen LogP contribution < -0.4 is 5.43 Å². The standard InChI is InChI=1S/C11H9NO4/c1-6-3-7(2)10-9(4-6)16-5-8(11(10)13)12(14)15/h3-5H,1-2H3. The molecule has 0 aliphatic rings. The number of hydrogen-bond acceptors (Lipinski definition) is 4. The molecule has 0 spiro atoms. The summed E-state index contributed by atoms with van der Waals surface area (Å²) in [6.07, 6.45) is 0.892. The van der Waals surface area contributed by atoms with Gasteiger partial charge in [-0.15, -0.1) is 0 Å². The van der Waals surface area contributed by atoms with E-state index in [4.69, 9.17) is 4.42 Å². The Morgan fingerprint density at radius 1 is 1.31 bits per heavy atom. The van der Waals surface area contributed by atoms with Crippen LogP contribution in [0.25, 0.3) is 11.0 Å². The van der Waals surface area contributed by atoms with Gasteiger partial charge in [-0.2, -0.15) is 0 Å². The lowest BCUT2D eigenvalue weighted by molar-refractivity contribution is -0.386. The van der Waals surface area contributed by atoms with E-state index in [1.165, 1.54) is 0 Å². The zero-order chi connectivity index (χ0) is 11.9. The van der Waals surface area contributed by atoms with Gasteiger partial charge in [-0.3, -0.25) is 14.9 Å². The van der Waals surface area contributed by atoms with Crippen molar-refractivity contribution in [3.05, 3.63) is 49.9 Å². The van der Waals surface area contributed by atoms with Crippen LogP contribution in [-0.4, -0.2) is 4.92 Å². The first kappa shape index (κ1) is 10.4. The van der Waals surface area contributed by atoms with Crippen LogP contribution in [0.4, 0.5) is 5.69 Å². The van der Waals surface area contributed by atoms with Crippen LogP contribution in [0.5, 0.6) is 0 Å². The molecular weight excluding hydrogens is 210 g/mol. The van der Waals surface area contributed by atoms with Gasteiger partial charge in [-0.05, 0) is 31.0 Å². The van der Waals surface area contributed by atoms with Crippen molar-refractivity contribution < 1.29 is 9.34 Å². The van der Waals surface area contributed by atoms with E-state index in [9.17, 15) is 14.9 Å². The summed E-state index contributed by atoms with van der Waals surface area (Å²) >= 11 is 0. The molecule has 2 rings (SSSR count). The summed E-state index contributed by atoms with van der Waals surface area (Å²) in [5.74, 6) is 0. The number of aryl methyl sites for hydroxylation is 2. The fraction of sp³-hybridized carbons (Fsp3) is 0.182. The highest BCUT2D eigenvalue weighted by atomic mass is 16.6. The van der Waals surface area contributed by atoms with E-state index in [1.54, 1.807) is 19.1 Å². The zero-order valence-corrected chi connectivity index (χ0v) is 8.81. The van der Waals surface area contributed by atoms with Crippen LogP contribution in [0.15, 0.2) is 27.6 Å². The average molecular weight is 219 g/mol. The Bertz CT molecular complexity index is 642. The molecule has 82 valence electrons. The molecule has 0 fully saturated rings. The molecule has 16 heavy (non-hydrogen) atoms. The number of rotatable bonds is 1. The fourth-order valence-electron chi connectivity index (χ4n) is 1.74. The zero-order valence-electron chi connectivity index (χ0n) is 8.81. The topological polar surface area (TPSA) is 73.3 Å². The summed E-state index contributed by atoms with van der Waals surface area (Å²) in [6, 6.07) is 3.48. The number of fused-ring (bicyclic) bond motifs is 1. The van der Waals surface area contributed by atoms with Crippen molar-refractivity contribution in [3.8, 4) is 0 Å². The van der Waals surface area contributed by atoms with Crippen molar-refractivity contribution in [3.63, 3.8) is 0 Å². The van der Waals surface area contributed by atoms with E-state index in [1.807, 2.05) is 6.92 Å². The van der Waals surface area contributed by atoms with Crippen molar-refractivity contribution >= 4 is 16.7 Å². The van der Waals surface area contributed by atoms with Gasteiger partial charge < -0.3 is 4.42 Å². The fourth-order valence-corrected chi connectivity index (χ4v) is 1.74. The molecule has 1 aromatic carbocycles. The summed E-state index contributed by atoms with van der Waals surface area (Å²) in [6.45, 7) is 3.60. The monoisotopic (exact) mass is 219 g/mol. The predicted octanol–water partition coefficient (Wildman–Crippen LogP) is 2.32. The largest absolute Gasteiger partial charge is 0.457 e. The number of benzene rings is 1. The lowest BCUT2D eigenvalue weighted by Crippen LogP contribution is -2.09. The van der Waals surface area contributed by atoms with Gasteiger partial charge in [0.2, 0.25) is 0 Å². The van der Waals surface area contributed by atoms with Gasteiger partial charge in [-0.1, -0.05) is 6.07 Å². The quantitative estimate of drug-likeness (QED) is 0.545. The Hall–Kier alpha value is -2.17. The van der Waals surface area contributed by atoms with E-state index in [2.05, 4.69) is 0 Å². The predicted molar refractivity (Wildman–Crippen MR) is 58.6 cm³/mol. The van der Waals surface area contributed by atoms with Crippen LogP contribution in [-0.2, 0) is 0 Å². The first-order valence-electron chi connectivity index (χ1n) is 4.68. The van der Waals surface area contributed by atoms with Gasteiger partial charge in [0.1, 0.15) is 5.58 Å². The van der Waals surface area contributed by atoms with Gasteiger partial charge in [0.05, 0.1) is 10.3 Å². The van der Waals surface area contributed by atoms with Gasteiger partial charge in [0, 0.05) is 0 Å². The minimum atomic E-state index is -0.732. The first-order valence-corrected chi connectivity index (χ1v) is 4.68. The Morgan fingerprint density at radius 3 is 2.62 bits per heavy atom. The highest BCUT2D eigenvalue weighted by Gasteiger charge is 2.17. The lowest BCUT2D eigenvalue weighted by atomic mass is 10.1. The second-order valence-corrected chi connectivity index (χ2v) is 3.66. The third-order valence-electron chi connectivity index (χ3n) is 2.40. The molecule has 0 N–H and O–H groups in total. The number of nitro groups is 1. The Labute approximate surface area is 90.5 Å². The summed E-state index contributed by atoms with van der Waals surface area (Å²) in [5.41, 5.74) is 0.894. The Morgan fingerprint density at radius 2 is 2.00 bits per heavy atom. The SMILES string of the molecule is Cc1cc(C)c2c(=O)c([N+](=O)[O-])coc2c1. The van der Waals surface area contributed by atoms with E-state index >= 15 is 0 Å². The lowest BCUT2D eigenvalue weighted by Gasteiger charge is -2.01. The molecule has 0 amide bonds. The average Bonchev–Trinajstić information content (AvgIpc) is 2.15. The molecule has 1 heterocycles. The van der Waals surface area contributed by atoms with Crippen molar-refractivity contribution in [2.24, 2.45) is 0 Å². The smallest absolute Gasteiger partial charge is 0.351 e. The van der Waals surface area contributed by atoms with Crippen LogP contribution >= 0.6 is 0 Å². The van der Waals surface area contributed by atoms with Crippen LogP contribution in [0.1, 0.15) is 11.1 Å². The molecule has 0 saturated heterocycles. The summed E-state index contributed by atoms with van der Waals surface area (Å²) in [4.78, 5) is 21.7. The Kier molecular flexibility index (Phi) is 2.23. The third kappa shape index (κ3) is 1.46. The molecule has 0 aliphatic carbocycles. The molecule has 2 aromatic rings. The molecule has 5 heteroatoms. The van der Waals surface area contributed by atoms with E-state index < -0.39 is 16.0 Å². The molecule has 0 aliphatic heterocycles. The summed E-state index contributed by atoms with van der Waals surface area (Å²) in [7, 11) is 0. The normalized spacial score (nSPS) is 10.6. The van der Waals surface area contributed by atoms with Crippen molar-refractivity contribution in [1.82, 2.24) is 0 Å². The minimum Gasteiger partial charge on any atom is -0.457 e. The van der Waals surface area contributed by atoms with Crippen molar-refractivity contribution in [1.29, 1.82) is 0 Å². The number of nitrogens with zero attached hydrogens (tertiary/aromatic N) is 1. The Balaban J connectivity index is 2.95. The highest BCUT2D eigenvalue weighted by molar-refractivity contribution is 5.82. The molecule has 0 unspecified atom stereocenters. The maximum absolute atomic E-state index is 11.8. The second kappa shape index (κ2) is 3.44. The van der Waals surface area contributed by atoms with Gasteiger partial charge in [-0.25, -0.2) is 0 Å². The maximum Gasteiger partial charge on any atom is 0.351 e. The van der Waals surface area contributed by atoms with E-state index in [0.29, 0.717) is 11.1 Å². The molecule has 0 bridgehead atoms. The van der Waals surface area contributed by atoms with Crippen molar-refractivity contribution in [2.75, 3.05) is 0 Å². The molecule has 0 atom stereocenters. The number of hydrogen-bond donors (Lipinski definition) is 0. The van der Waals surface area contributed by atoms with Crippen LogP contribution in [0.2, 0.25) is 0 Å². The van der Waals surface area contributed by atoms with Gasteiger partial charge in [0.25, 0.3) is 5.43 Å². The van der Waals surface area contributed by atoms with E-state index in [-0.39, 0.29) is 5.39 Å².